The van der Waals surface area contributed by atoms with Gasteiger partial charge in [-0.25, -0.2) is 9.78 Å². The monoisotopic (exact) mass is 267 g/mol. The van der Waals surface area contributed by atoms with E-state index in [1.165, 1.54) is 17.0 Å². The lowest BCUT2D eigenvalue weighted by molar-refractivity contribution is -0.384. The van der Waals surface area contributed by atoms with Crippen molar-refractivity contribution in [2.45, 2.75) is 12.5 Å². The zero-order chi connectivity index (χ0) is 14.0. The highest BCUT2D eigenvalue weighted by Gasteiger charge is 2.26. The van der Waals surface area contributed by atoms with Crippen molar-refractivity contribution in [1.29, 1.82) is 0 Å². The van der Waals surface area contributed by atoms with Gasteiger partial charge in [0.05, 0.1) is 4.92 Å². The molecule has 1 atom stereocenters. The van der Waals surface area contributed by atoms with Gasteiger partial charge in [0.1, 0.15) is 5.82 Å². The fourth-order valence-corrected chi connectivity index (χ4v) is 1.96. The van der Waals surface area contributed by atoms with E-state index >= 15 is 0 Å². The molecule has 1 aromatic rings. The first kappa shape index (κ1) is 12.9. The van der Waals surface area contributed by atoms with Gasteiger partial charge in [0, 0.05) is 25.2 Å². The number of anilines is 2. The average Bonchev–Trinajstić information content (AvgIpc) is 2.77. The second kappa shape index (κ2) is 4.96. The maximum Gasteiger partial charge on any atom is 0.407 e. The summed E-state index contributed by atoms with van der Waals surface area (Å²) in [7, 11) is 0. The Labute approximate surface area is 108 Å². The number of nitrogens with one attached hydrogen (secondary N) is 1. The molecule has 2 rings (SSSR count). The Bertz CT molecular complexity index is 521. The molecule has 0 aliphatic carbocycles. The Hall–Kier alpha value is -2.58. The predicted molar refractivity (Wildman–Crippen MR) is 66.9 cm³/mol. The van der Waals surface area contributed by atoms with Crippen molar-refractivity contribution < 1.29 is 14.8 Å². The maximum atomic E-state index is 10.8. The van der Waals surface area contributed by atoms with E-state index in [0.29, 0.717) is 25.3 Å². The Morgan fingerprint density at radius 1 is 1.63 bits per heavy atom. The van der Waals surface area contributed by atoms with Crippen LogP contribution in [0.25, 0.3) is 0 Å². The van der Waals surface area contributed by atoms with Crippen LogP contribution >= 0.6 is 0 Å². The highest BCUT2D eigenvalue weighted by molar-refractivity contribution is 5.65. The van der Waals surface area contributed by atoms with Crippen molar-refractivity contribution in [2.75, 3.05) is 24.1 Å². The molecule has 102 valence electrons. The number of likely N-dealkylation sites (tertiary alicyclic amines) is 1. The van der Waals surface area contributed by atoms with E-state index < -0.39 is 11.0 Å². The molecule has 0 radical (unpaired) electrons. The molecule has 0 bridgehead atoms. The number of nitrogens with two attached hydrogens (primary N) is 1. The summed E-state index contributed by atoms with van der Waals surface area (Å²) < 4.78 is 0. The number of nitro groups is 1. The predicted octanol–water partition coefficient (Wildman–Crippen LogP) is 0.736. The largest absolute Gasteiger partial charge is 0.465 e. The van der Waals surface area contributed by atoms with Crippen molar-refractivity contribution in [2.24, 2.45) is 0 Å². The molecule has 2 heterocycles. The third-order valence-corrected chi connectivity index (χ3v) is 2.91. The van der Waals surface area contributed by atoms with Crippen molar-refractivity contribution in [3.05, 3.63) is 22.2 Å². The van der Waals surface area contributed by atoms with Gasteiger partial charge < -0.3 is 21.1 Å². The lowest BCUT2D eigenvalue weighted by Gasteiger charge is -2.14. The van der Waals surface area contributed by atoms with Crippen molar-refractivity contribution in [3.8, 4) is 0 Å². The summed E-state index contributed by atoms with van der Waals surface area (Å²) >= 11 is 0. The number of aromatic nitrogens is 1. The van der Waals surface area contributed by atoms with Gasteiger partial charge in [-0.1, -0.05) is 0 Å². The van der Waals surface area contributed by atoms with Crippen LogP contribution in [0.15, 0.2) is 12.1 Å². The topological polar surface area (TPSA) is 135 Å². The zero-order valence-electron chi connectivity index (χ0n) is 9.94. The number of carboxylic acid groups (broad SMARTS) is 1. The van der Waals surface area contributed by atoms with Crippen molar-refractivity contribution in [3.63, 3.8) is 0 Å². The Morgan fingerprint density at radius 3 is 2.89 bits per heavy atom. The molecule has 1 fully saturated rings. The zero-order valence-corrected chi connectivity index (χ0v) is 9.94. The first-order valence-corrected chi connectivity index (χ1v) is 5.62. The van der Waals surface area contributed by atoms with Crippen LogP contribution in [0.1, 0.15) is 6.42 Å². The Morgan fingerprint density at radius 2 is 2.37 bits per heavy atom. The maximum absolute atomic E-state index is 10.8. The number of rotatable bonds is 3. The molecule has 9 heteroatoms. The third kappa shape index (κ3) is 2.81. The molecule has 0 unspecified atom stereocenters. The summed E-state index contributed by atoms with van der Waals surface area (Å²) in [6.45, 7) is 0.809. The van der Waals surface area contributed by atoms with Gasteiger partial charge in [-0.2, -0.15) is 0 Å². The van der Waals surface area contributed by atoms with Gasteiger partial charge >= 0.3 is 11.8 Å². The smallest absolute Gasteiger partial charge is 0.407 e. The molecule has 0 spiro atoms. The van der Waals surface area contributed by atoms with Gasteiger partial charge in [0.2, 0.25) is 5.82 Å². The van der Waals surface area contributed by atoms with Crippen LogP contribution < -0.4 is 11.1 Å². The minimum absolute atomic E-state index is 0.0653. The van der Waals surface area contributed by atoms with Crippen LogP contribution in [0.5, 0.6) is 0 Å². The van der Waals surface area contributed by atoms with Gasteiger partial charge in [0.15, 0.2) is 0 Å². The molecule has 1 aliphatic rings. The fraction of sp³-hybridized carbons (Fsp3) is 0.400. The summed E-state index contributed by atoms with van der Waals surface area (Å²) in [5.41, 5.74) is 5.23. The molecule has 1 amide bonds. The average molecular weight is 267 g/mol. The number of pyridine rings is 1. The van der Waals surface area contributed by atoms with Crippen molar-refractivity contribution >= 4 is 23.4 Å². The van der Waals surface area contributed by atoms with E-state index in [0.717, 1.165) is 0 Å². The van der Waals surface area contributed by atoms with Crippen LogP contribution in [0.4, 0.5) is 22.1 Å². The van der Waals surface area contributed by atoms with Crippen LogP contribution in [-0.4, -0.2) is 45.1 Å². The lowest BCUT2D eigenvalue weighted by Crippen LogP contribution is -2.30. The number of nitrogen functional groups attached to an aromatic ring is 1. The molecule has 9 nitrogen and oxygen atoms in total. The summed E-state index contributed by atoms with van der Waals surface area (Å²) in [4.78, 5) is 25.9. The number of hydrogen-bond acceptors (Lipinski definition) is 6. The second-order valence-corrected chi connectivity index (χ2v) is 4.22. The van der Waals surface area contributed by atoms with Crippen LogP contribution in [0.3, 0.4) is 0 Å². The molecule has 4 N–H and O–H groups in total. The minimum atomic E-state index is -0.958. The second-order valence-electron chi connectivity index (χ2n) is 4.22. The van der Waals surface area contributed by atoms with Gasteiger partial charge in [-0.3, -0.25) is 10.1 Å². The Kier molecular flexibility index (Phi) is 3.36. The summed E-state index contributed by atoms with van der Waals surface area (Å²) in [5, 5.41) is 22.4. The molecule has 1 aliphatic heterocycles. The quantitative estimate of drug-likeness (QED) is 0.542. The molecule has 1 saturated heterocycles. The summed E-state index contributed by atoms with van der Waals surface area (Å²) in [6.07, 6.45) is -0.300. The lowest BCUT2D eigenvalue weighted by atomic mass is 10.2. The molecular weight excluding hydrogens is 254 g/mol. The number of hydrogen-bond donors (Lipinski definition) is 3. The molecule has 1 aromatic heterocycles. The molecule has 19 heavy (non-hydrogen) atoms. The first-order chi connectivity index (χ1) is 8.97. The summed E-state index contributed by atoms with van der Waals surface area (Å²) in [6, 6.07) is 2.66. The SMILES string of the molecule is Nc1nc(N[C@@H]2CCN(C(=O)O)C2)ccc1[N+](=O)[O-]. The number of nitrogens with zero attached hydrogens (tertiary/aromatic N) is 3. The van der Waals surface area contributed by atoms with E-state index in [1.54, 1.807) is 0 Å². The van der Waals surface area contributed by atoms with Gasteiger partial charge in [-0.15, -0.1) is 0 Å². The highest BCUT2D eigenvalue weighted by atomic mass is 16.6. The number of carbonyl (C=O) groups is 1. The van der Waals surface area contributed by atoms with E-state index in [9.17, 15) is 14.9 Å². The van der Waals surface area contributed by atoms with E-state index in [1.807, 2.05) is 0 Å². The first-order valence-electron chi connectivity index (χ1n) is 5.62. The number of amides is 1. The van der Waals surface area contributed by atoms with Gasteiger partial charge in [-0.05, 0) is 12.5 Å². The highest BCUT2D eigenvalue weighted by Crippen LogP contribution is 2.22. The summed E-state index contributed by atoms with van der Waals surface area (Å²) in [5.74, 6) is 0.239. The van der Waals surface area contributed by atoms with E-state index in [2.05, 4.69) is 10.3 Å². The minimum Gasteiger partial charge on any atom is -0.465 e. The molecular formula is C10H13N5O4. The standard InChI is InChI=1S/C10H13N5O4/c11-9-7(15(18)19)1-2-8(13-9)12-6-3-4-14(5-6)10(16)17/h1-2,6H,3-5H2,(H,16,17)(H3,11,12,13)/t6-/m1/s1. The fourth-order valence-electron chi connectivity index (χ4n) is 1.96. The van der Waals surface area contributed by atoms with E-state index in [4.69, 9.17) is 10.8 Å². The molecule has 0 aromatic carbocycles. The molecule has 0 saturated carbocycles. The van der Waals surface area contributed by atoms with Crippen LogP contribution in [0.2, 0.25) is 0 Å². The van der Waals surface area contributed by atoms with Crippen molar-refractivity contribution in [1.82, 2.24) is 9.88 Å². The van der Waals surface area contributed by atoms with E-state index in [-0.39, 0.29) is 17.5 Å². The Balaban J connectivity index is 2.03. The normalized spacial score (nSPS) is 18.3. The van der Waals surface area contributed by atoms with Gasteiger partial charge in [0.25, 0.3) is 0 Å². The van der Waals surface area contributed by atoms with Crippen LogP contribution in [-0.2, 0) is 0 Å². The van der Waals surface area contributed by atoms with Crippen LogP contribution in [0, 0.1) is 10.1 Å². The third-order valence-electron chi connectivity index (χ3n) is 2.91.